The zero-order valence-electron chi connectivity index (χ0n) is 20.4. The van der Waals surface area contributed by atoms with Crippen molar-refractivity contribution < 1.29 is 19.0 Å². The number of benzene rings is 2. The van der Waals surface area contributed by atoms with Crippen LogP contribution >= 0.6 is 0 Å². The van der Waals surface area contributed by atoms with Crippen LogP contribution in [-0.4, -0.2) is 49.2 Å². The number of nitrogens with two attached hydrogens (primary N) is 1. The fraction of sp³-hybridized carbons (Fsp3) is 0.357. The Morgan fingerprint density at radius 3 is 2.61 bits per heavy atom. The van der Waals surface area contributed by atoms with Crippen LogP contribution in [0.25, 0.3) is 0 Å². The number of methoxy groups -OCH3 is 1. The molecule has 0 aromatic heterocycles. The Kier molecular flexibility index (Phi) is 6.94. The number of carbonyl (C=O) groups is 1. The summed E-state index contributed by atoms with van der Waals surface area (Å²) in [5.74, 6) is 1.02. The third-order valence-corrected chi connectivity index (χ3v) is 6.91. The molecule has 36 heavy (non-hydrogen) atoms. The lowest BCUT2D eigenvalue weighted by molar-refractivity contribution is -0.117. The first kappa shape index (κ1) is 23.9. The Labute approximate surface area is 211 Å². The van der Waals surface area contributed by atoms with Crippen molar-refractivity contribution in [2.24, 2.45) is 5.73 Å². The number of hydrogen-bond acceptors (Lipinski definition) is 8. The quantitative estimate of drug-likeness (QED) is 0.661. The molecule has 8 heteroatoms. The van der Waals surface area contributed by atoms with E-state index in [1.807, 2.05) is 53.5 Å². The lowest BCUT2D eigenvalue weighted by Gasteiger charge is -2.45. The van der Waals surface area contributed by atoms with Crippen LogP contribution < -0.4 is 15.2 Å². The van der Waals surface area contributed by atoms with Crippen LogP contribution in [0.4, 0.5) is 0 Å². The second-order valence-electron chi connectivity index (χ2n) is 9.04. The van der Waals surface area contributed by atoms with Gasteiger partial charge in [-0.1, -0.05) is 36.4 Å². The van der Waals surface area contributed by atoms with Gasteiger partial charge in [0.05, 0.1) is 37.9 Å². The number of nitrogens with zero attached hydrogens (tertiary/aromatic N) is 3. The smallest absolute Gasteiger partial charge is 0.161 e. The van der Waals surface area contributed by atoms with E-state index in [0.717, 1.165) is 29.7 Å². The molecule has 3 aliphatic rings. The van der Waals surface area contributed by atoms with Crippen molar-refractivity contribution in [2.75, 3.05) is 33.4 Å². The molecule has 8 nitrogen and oxygen atoms in total. The van der Waals surface area contributed by atoms with Gasteiger partial charge in [-0.2, -0.15) is 5.26 Å². The van der Waals surface area contributed by atoms with E-state index in [1.165, 1.54) is 0 Å². The summed E-state index contributed by atoms with van der Waals surface area (Å²) in [6.45, 7) is 2.85. The maximum Gasteiger partial charge on any atom is 0.161 e. The molecule has 2 aliphatic heterocycles. The second kappa shape index (κ2) is 10.4. The summed E-state index contributed by atoms with van der Waals surface area (Å²) < 4.78 is 17.2. The topological polar surface area (TPSA) is 101 Å². The highest BCUT2D eigenvalue weighted by Gasteiger charge is 2.42. The summed E-state index contributed by atoms with van der Waals surface area (Å²) >= 11 is 0. The number of morpholine rings is 1. The van der Waals surface area contributed by atoms with E-state index < -0.39 is 5.92 Å². The average Bonchev–Trinajstić information content (AvgIpc) is 2.92. The van der Waals surface area contributed by atoms with Gasteiger partial charge in [0.2, 0.25) is 0 Å². The van der Waals surface area contributed by atoms with Crippen LogP contribution in [0.3, 0.4) is 0 Å². The van der Waals surface area contributed by atoms with Gasteiger partial charge in [0.25, 0.3) is 0 Å². The van der Waals surface area contributed by atoms with E-state index in [2.05, 4.69) is 11.1 Å². The van der Waals surface area contributed by atoms with Gasteiger partial charge in [-0.25, -0.2) is 5.01 Å². The van der Waals surface area contributed by atoms with Gasteiger partial charge < -0.3 is 19.9 Å². The number of ether oxygens (including phenoxy) is 3. The van der Waals surface area contributed by atoms with E-state index in [1.54, 1.807) is 7.11 Å². The van der Waals surface area contributed by atoms with Crippen molar-refractivity contribution in [1.29, 1.82) is 5.26 Å². The van der Waals surface area contributed by atoms with Gasteiger partial charge in [-0.15, -0.1) is 0 Å². The molecular formula is C28H30N4O4. The van der Waals surface area contributed by atoms with Crippen LogP contribution in [0.1, 0.15) is 36.3 Å². The number of carbonyl (C=O) groups excluding carboxylic acids is 1. The van der Waals surface area contributed by atoms with Crippen LogP contribution in [-0.2, 0) is 16.1 Å². The van der Waals surface area contributed by atoms with E-state index in [4.69, 9.17) is 19.9 Å². The van der Waals surface area contributed by atoms with Gasteiger partial charge in [0.1, 0.15) is 12.4 Å². The van der Waals surface area contributed by atoms with Gasteiger partial charge in [-0.3, -0.25) is 9.80 Å². The Bertz CT molecular complexity index is 1240. The van der Waals surface area contributed by atoms with Crippen LogP contribution in [0.15, 0.2) is 71.2 Å². The molecular weight excluding hydrogens is 456 g/mol. The molecule has 1 aliphatic carbocycles. The first-order chi connectivity index (χ1) is 17.6. The lowest BCUT2D eigenvalue weighted by Crippen LogP contribution is -2.52. The predicted molar refractivity (Wildman–Crippen MR) is 133 cm³/mol. The predicted octanol–water partition coefficient (Wildman–Crippen LogP) is 3.62. The summed E-state index contributed by atoms with van der Waals surface area (Å²) in [6.07, 6.45) is 1.94. The Morgan fingerprint density at radius 1 is 1.11 bits per heavy atom. The molecule has 1 atom stereocenters. The zero-order chi connectivity index (χ0) is 25.1. The SMILES string of the molecule is COc1cc(C2C(C#N)=C(N)N(N3CCOCC3)C3=C2C(=O)CCC3)ccc1OCc1ccccc1. The highest BCUT2D eigenvalue weighted by Crippen LogP contribution is 2.46. The van der Waals surface area contributed by atoms with Crippen LogP contribution in [0.5, 0.6) is 11.5 Å². The standard InChI is InChI=1S/C28H30N4O4/c1-34-25-16-20(10-11-24(25)36-18-19-6-3-2-4-7-19)26-21(17-29)28(30)32(31-12-14-35-15-13-31)22-8-5-9-23(33)27(22)26/h2-4,6-7,10-11,16,26H,5,8-9,12-15,18,30H2,1H3. The van der Waals surface area contributed by atoms with Crippen molar-refractivity contribution in [3.63, 3.8) is 0 Å². The monoisotopic (exact) mass is 486 g/mol. The highest BCUT2D eigenvalue weighted by atomic mass is 16.5. The Morgan fingerprint density at radius 2 is 1.89 bits per heavy atom. The number of hydrogen-bond donors (Lipinski definition) is 1. The first-order valence-electron chi connectivity index (χ1n) is 12.3. The van der Waals surface area contributed by atoms with E-state index in [9.17, 15) is 10.1 Å². The molecule has 1 unspecified atom stereocenters. The maximum atomic E-state index is 13.3. The first-order valence-corrected chi connectivity index (χ1v) is 12.3. The average molecular weight is 487 g/mol. The Balaban J connectivity index is 1.53. The summed E-state index contributed by atoms with van der Waals surface area (Å²) in [4.78, 5) is 13.3. The molecule has 0 amide bonds. The molecule has 2 aromatic rings. The summed E-state index contributed by atoms with van der Waals surface area (Å²) in [5, 5.41) is 14.2. The molecule has 0 saturated carbocycles. The number of hydrazine groups is 1. The van der Waals surface area contributed by atoms with Crippen molar-refractivity contribution >= 4 is 5.78 Å². The Hall–Kier alpha value is -3.80. The van der Waals surface area contributed by atoms with E-state index in [0.29, 0.717) is 67.8 Å². The number of rotatable bonds is 6. The minimum Gasteiger partial charge on any atom is -0.493 e. The zero-order valence-corrected chi connectivity index (χ0v) is 20.4. The third-order valence-electron chi connectivity index (χ3n) is 6.91. The lowest BCUT2D eigenvalue weighted by atomic mass is 9.76. The van der Waals surface area contributed by atoms with E-state index in [-0.39, 0.29) is 5.78 Å². The maximum absolute atomic E-state index is 13.3. The van der Waals surface area contributed by atoms with Crippen molar-refractivity contribution in [3.05, 3.63) is 82.3 Å². The number of Topliss-reactive ketones (excluding diaryl/α,β-unsaturated/α-hetero) is 1. The van der Waals surface area contributed by atoms with Gasteiger partial charge in [0.15, 0.2) is 17.3 Å². The summed E-state index contributed by atoms with van der Waals surface area (Å²) in [6, 6.07) is 17.8. The molecule has 0 bridgehead atoms. The van der Waals surface area contributed by atoms with Gasteiger partial charge in [-0.05, 0) is 36.1 Å². The fourth-order valence-corrected chi connectivity index (χ4v) is 5.20. The molecule has 0 spiro atoms. The fourth-order valence-electron chi connectivity index (χ4n) is 5.20. The molecule has 2 N–H and O–H groups in total. The normalized spacial score (nSPS) is 20.7. The van der Waals surface area contributed by atoms with Gasteiger partial charge >= 0.3 is 0 Å². The van der Waals surface area contributed by atoms with Crippen molar-refractivity contribution in [2.45, 2.75) is 31.8 Å². The summed E-state index contributed by atoms with van der Waals surface area (Å²) in [5.41, 5.74) is 10.4. The molecule has 1 saturated heterocycles. The largest absolute Gasteiger partial charge is 0.493 e. The second-order valence-corrected chi connectivity index (χ2v) is 9.04. The third kappa shape index (κ3) is 4.43. The molecule has 2 aromatic carbocycles. The highest BCUT2D eigenvalue weighted by molar-refractivity contribution is 5.99. The molecule has 5 rings (SSSR count). The minimum absolute atomic E-state index is 0.0585. The molecule has 1 fully saturated rings. The van der Waals surface area contributed by atoms with Crippen molar-refractivity contribution in [1.82, 2.24) is 10.0 Å². The molecule has 0 radical (unpaired) electrons. The minimum atomic E-state index is -0.549. The number of ketones is 1. The summed E-state index contributed by atoms with van der Waals surface area (Å²) in [7, 11) is 1.58. The number of allylic oxidation sites excluding steroid dienone is 3. The van der Waals surface area contributed by atoms with Crippen LogP contribution in [0.2, 0.25) is 0 Å². The number of nitriles is 1. The van der Waals surface area contributed by atoms with Crippen LogP contribution in [0, 0.1) is 11.3 Å². The van der Waals surface area contributed by atoms with E-state index >= 15 is 0 Å². The van der Waals surface area contributed by atoms with Crippen molar-refractivity contribution in [3.8, 4) is 17.6 Å². The van der Waals surface area contributed by atoms with Gasteiger partial charge in [0, 0.05) is 30.8 Å². The molecule has 186 valence electrons. The molecule has 2 heterocycles.